The molecule has 1 unspecified atom stereocenters. The van der Waals surface area contributed by atoms with Gasteiger partial charge >= 0.3 is 0 Å². The van der Waals surface area contributed by atoms with Crippen molar-refractivity contribution < 1.29 is 4.74 Å². The van der Waals surface area contributed by atoms with Crippen molar-refractivity contribution in [1.29, 1.82) is 0 Å². The molecule has 6 heteroatoms. The van der Waals surface area contributed by atoms with Crippen LogP contribution in [-0.4, -0.2) is 62.8 Å². The van der Waals surface area contributed by atoms with Gasteiger partial charge in [0.25, 0.3) is 0 Å². The van der Waals surface area contributed by atoms with Gasteiger partial charge in [0.15, 0.2) is 5.96 Å². The van der Waals surface area contributed by atoms with Crippen LogP contribution in [0.5, 0.6) is 0 Å². The predicted molar refractivity (Wildman–Crippen MR) is 80.2 cm³/mol. The molecule has 0 aliphatic carbocycles. The number of nitrogens with zero attached hydrogens (tertiary/aromatic N) is 2. The van der Waals surface area contributed by atoms with E-state index in [1.807, 2.05) is 0 Å². The molecule has 2 aliphatic heterocycles. The summed E-state index contributed by atoms with van der Waals surface area (Å²) in [5.74, 6) is 0.957. The molecule has 2 heterocycles. The second kappa shape index (κ2) is 8.10. The van der Waals surface area contributed by atoms with Crippen LogP contribution in [0.25, 0.3) is 0 Å². The van der Waals surface area contributed by atoms with Gasteiger partial charge in [0.05, 0.1) is 13.2 Å². The van der Waals surface area contributed by atoms with Gasteiger partial charge in [-0.25, -0.2) is 0 Å². The molecule has 1 fully saturated rings. The van der Waals surface area contributed by atoms with Crippen molar-refractivity contribution in [3.05, 3.63) is 0 Å². The summed E-state index contributed by atoms with van der Waals surface area (Å²) < 4.78 is 5.42. The van der Waals surface area contributed by atoms with E-state index in [0.29, 0.717) is 6.04 Å². The van der Waals surface area contributed by atoms with Gasteiger partial charge in [-0.2, -0.15) is 0 Å². The van der Waals surface area contributed by atoms with Crippen molar-refractivity contribution in [3.63, 3.8) is 0 Å². The lowest BCUT2D eigenvalue weighted by Crippen LogP contribution is -2.41. The molecule has 0 aromatic carbocycles. The minimum absolute atomic E-state index is 0. The van der Waals surface area contributed by atoms with Gasteiger partial charge in [-0.3, -0.25) is 9.89 Å². The maximum Gasteiger partial charge on any atom is 0.191 e. The second-order valence-corrected chi connectivity index (χ2v) is 4.47. The molecule has 0 radical (unpaired) electrons. The highest BCUT2D eigenvalue weighted by Gasteiger charge is 2.12. The molecule has 17 heavy (non-hydrogen) atoms. The van der Waals surface area contributed by atoms with Gasteiger partial charge in [-0.15, -0.1) is 24.0 Å². The summed E-state index contributed by atoms with van der Waals surface area (Å²) in [6.07, 6.45) is 1.15. The van der Waals surface area contributed by atoms with Crippen molar-refractivity contribution in [2.75, 3.05) is 45.9 Å². The number of hydrogen-bond donors (Lipinski definition) is 2. The van der Waals surface area contributed by atoms with E-state index in [4.69, 9.17) is 4.74 Å². The second-order valence-electron chi connectivity index (χ2n) is 4.47. The standard InChI is InChI=1S/C11H22N4O.HI/c1-10-9-13-11(14-10)12-3-5-15-4-2-7-16-8-6-15;/h10H,2-9H2,1H3,(H2,12,13,14);1H. The van der Waals surface area contributed by atoms with Crippen molar-refractivity contribution in [2.24, 2.45) is 4.99 Å². The lowest BCUT2D eigenvalue weighted by molar-refractivity contribution is 0.141. The van der Waals surface area contributed by atoms with E-state index in [2.05, 4.69) is 27.4 Å². The van der Waals surface area contributed by atoms with Gasteiger partial charge in [0.2, 0.25) is 0 Å². The van der Waals surface area contributed by atoms with Crippen LogP contribution >= 0.6 is 24.0 Å². The molecule has 5 nitrogen and oxygen atoms in total. The summed E-state index contributed by atoms with van der Waals surface area (Å²) in [5, 5.41) is 6.64. The zero-order chi connectivity index (χ0) is 11.2. The number of aliphatic imine (C=N–C) groups is 1. The van der Waals surface area contributed by atoms with Crippen LogP contribution in [0.15, 0.2) is 4.99 Å². The Morgan fingerprint density at radius 1 is 1.47 bits per heavy atom. The number of halogens is 1. The van der Waals surface area contributed by atoms with E-state index >= 15 is 0 Å². The maximum atomic E-state index is 5.42. The molecular weight excluding hydrogens is 331 g/mol. The first kappa shape index (κ1) is 15.0. The normalized spacial score (nSPS) is 25.5. The van der Waals surface area contributed by atoms with Crippen LogP contribution in [0.2, 0.25) is 0 Å². The monoisotopic (exact) mass is 354 g/mol. The van der Waals surface area contributed by atoms with Crippen LogP contribution < -0.4 is 10.6 Å². The first-order chi connectivity index (χ1) is 7.84. The Morgan fingerprint density at radius 2 is 2.35 bits per heavy atom. The fraction of sp³-hybridized carbons (Fsp3) is 0.909. The summed E-state index contributed by atoms with van der Waals surface area (Å²) in [4.78, 5) is 6.81. The summed E-state index contributed by atoms with van der Waals surface area (Å²) in [6.45, 7) is 9.04. The molecule has 2 N–H and O–H groups in total. The van der Waals surface area contributed by atoms with Crippen molar-refractivity contribution >= 4 is 29.9 Å². The predicted octanol–water partition coefficient (Wildman–Crippen LogP) is 0.264. The molecule has 0 saturated carbocycles. The number of nitrogens with one attached hydrogen (secondary N) is 2. The van der Waals surface area contributed by atoms with E-state index in [9.17, 15) is 0 Å². The van der Waals surface area contributed by atoms with Crippen LogP contribution in [0.3, 0.4) is 0 Å². The fourth-order valence-electron chi connectivity index (χ4n) is 2.01. The van der Waals surface area contributed by atoms with E-state index in [1.54, 1.807) is 0 Å². The third-order valence-corrected chi connectivity index (χ3v) is 2.94. The summed E-state index contributed by atoms with van der Waals surface area (Å²) >= 11 is 0. The van der Waals surface area contributed by atoms with E-state index in [0.717, 1.165) is 58.3 Å². The molecule has 2 aliphatic rings. The quantitative estimate of drug-likeness (QED) is 0.715. The lowest BCUT2D eigenvalue weighted by Gasteiger charge is -2.19. The largest absolute Gasteiger partial charge is 0.380 e. The van der Waals surface area contributed by atoms with Crippen LogP contribution in [-0.2, 0) is 4.74 Å². The Labute approximate surface area is 120 Å². The Hall–Kier alpha value is -0.0800. The van der Waals surface area contributed by atoms with Crippen molar-refractivity contribution in [1.82, 2.24) is 15.5 Å². The van der Waals surface area contributed by atoms with Gasteiger partial charge in [0.1, 0.15) is 0 Å². The Balaban J connectivity index is 0.00000144. The number of guanidine groups is 1. The maximum absolute atomic E-state index is 5.42. The third-order valence-electron chi connectivity index (χ3n) is 2.94. The van der Waals surface area contributed by atoms with E-state index < -0.39 is 0 Å². The molecule has 100 valence electrons. The smallest absolute Gasteiger partial charge is 0.191 e. The molecule has 1 saturated heterocycles. The molecular formula is C11H23IN4O. The molecule has 0 amide bonds. The highest BCUT2D eigenvalue weighted by atomic mass is 127. The first-order valence-corrected chi connectivity index (χ1v) is 6.19. The minimum atomic E-state index is 0. The molecule has 0 aromatic heterocycles. The zero-order valence-corrected chi connectivity index (χ0v) is 12.8. The number of rotatable bonds is 3. The Kier molecular flexibility index (Phi) is 7.14. The highest BCUT2D eigenvalue weighted by molar-refractivity contribution is 14.0. The Morgan fingerprint density at radius 3 is 3.12 bits per heavy atom. The number of hydrogen-bond acceptors (Lipinski definition) is 5. The van der Waals surface area contributed by atoms with E-state index in [-0.39, 0.29) is 24.0 Å². The molecule has 2 rings (SSSR count). The average Bonchev–Trinajstić information content (AvgIpc) is 2.54. The first-order valence-electron chi connectivity index (χ1n) is 6.19. The average molecular weight is 354 g/mol. The zero-order valence-electron chi connectivity index (χ0n) is 10.4. The Bertz CT molecular complexity index is 242. The van der Waals surface area contributed by atoms with Gasteiger partial charge in [-0.1, -0.05) is 0 Å². The molecule has 1 atom stereocenters. The van der Waals surface area contributed by atoms with Gasteiger partial charge in [0, 0.05) is 38.8 Å². The summed E-state index contributed by atoms with van der Waals surface area (Å²) in [6, 6.07) is 0.481. The third kappa shape index (κ3) is 5.39. The SMILES string of the molecule is CC1CN=C(NCCN2CCCOCC2)N1.I. The van der Waals surface area contributed by atoms with E-state index in [1.165, 1.54) is 0 Å². The molecule has 0 bridgehead atoms. The fourth-order valence-corrected chi connectivity index (χ4v) is 2.01. The molecule has 0 spiro atoms. The van der Waals surface area contributed by atoms with Crippen LogP contribution in [0.4, 0.5) is 0 Å². The number of ether oxygens (including phenoxy) is 1. The summed E-state index contributed by atoms with van der Waals surface area (Å²) in [5.41, 5.74) is 0. The minimum Gasteiger partial charge on any atom is -0.380 e. The van der Waals surface area contributed by atoms with Gasteiger partial charge < -0.3 is 15.4 Å². The molecule has 0 aromatic rings. The highest BCUT2D eigenvalue weighted by Crippen LogP contribution is 1.98. The topological polar surface area (TPSA) is 48.9 Å². The summed E-state index contributed by atoms with van der Waals surface area (Å²) in [7, 11) is 0. The van der Waals surface area contributed by atoms with Crippen LogP contribution in [0, 0.1) is 0 Å². The lowest BCUT2D eigenvalue weighted by atomic mass is 10.4. The van der Waals surface area contributed by atoms with Crippen molar-refractivity contribution in [3.8, 4) is 0 Å². The van der Waals surface area contributed by atoms with Crippen LogP contribution in [0.1, 0.15) is 13.3 Å². The van der Waals surface area contributed by atoms with Gasteiger partial charge in [-0.05, 0) is 13.3 Å². The van der Waals surface area contributed by atoms with Crippen molar-refractivity contribution in [2.45, 2.75) is 19.4 Å².